The molecule has 1 aromatic rings. The van der Waals surface area contributed by atoms with Crippen LogP contribution >= 0.6 is 15.9 Å². The maximum absolute atomic E-state index is 12.7. The summed E-state index contributed by atoms with van der Waals surface area (Å²) in [6.07, 6.45) is 0. The van der Waals surface area contributed by atoms with Gasteiger partial charge in [-0.15, -0.1) is 0 Å². The van der Waals surface area contributed by atoms with Gasteiger partial charge in [-0.3, -0.25) is 9.59 Å². The second kappa shape index (κ2) is 5.33. The van der Waals surface area contributed by atoms with E-state index in [-0.39, 0.29) is 24.3 Å². The molecule has 3 rings (SSSR count). The molecule has 112 valence electrons. The first-order chi connectivity index (χ1) is 9.97. The minimum atomic E-state index is -0.830. The van der Waals surface area contributed by atoms with Crippen molar-refractivity contribution in [3.8, 4) is 5.75 Å². The highest BCUT2D eigenvalue weighted by atomic mass is 79.9. The summed E-state index contributed by atoms with van der Waals surface area (Å²) in [7, 11) is 0. The van der Waals surface area contributed by atoms with E-state index in [1.165, 1.54) is 0 Å². The van der Waals surface area contributed by atoms with Crippen LogP contribution < -0.4 is 4.74 Å². The number of amides is 1. The molecule has 0 spiro atoms. The Labute approximate surface area is 131 Å². The van der Waals surface area contributed by atoms with Crippen molar-refractivity contribution in [3.05, 3.63) is 28.2 Å². The minimum Gasteiger partial charge on any atom is -0.492 e. The Balaban J connectivity index is 1.79. The predicted molar refractivity (Wildman–Crippen MR) is 79.2 cm³/mol. The lowest BCUT2D eigenvalue weighted by Gasteiger charge is -2.19. The number of hydrogen-bond donors (Lipinski definition) is 1. The molecule has 0 aromatic heterocycles. The number of ether oxygens (including phenoxy) is 1. The number of benzene rings is 1. The molecule has 0 bridgehead atoms. The van der Waals surface area contributed by atoms with Crippen molar-refractivity contribution in [2.45, 2.75) is 12.8 Å². The molecule has 1 amide bonds. The number of hydrogen-bond acceptors (Lipinski definition) is 3. The highest BCUT2D eigenvalue weighted by Crippen LogP contribution is 2.38. The molecule has 1 saturated heterocycles. The second-order valence-electron chi connectivity index (χ2n) is 5.71. The lowest BCUT2D eigenvalue weighted by Crippen LogP contribution is -2.34. The molecule has 1 fully saturated rings. The molecule has 0 radical (unpaired) electrons. The molecule has 1 aromatic carbocycles. The van der Waals surface area contributed by atoms with Crippen LogP contribution in [0.25, 0.3) is 0 Å². The SMILES string of the molecule is C[C@@H]1CN(C(=O)C2COc3ccc(Br)cc32)C[C@H]1C(=O)O. The first-order valence-electron chi connectivity index (χ1n) is 6.91. The second-order valence-corrected chi connectivity index (χ2v) is 6.63. The van der Waals surface area contributed by atoms with Crippen LogP contribution in [0.2, 0.25) is 0 Å². The van der Waals surface area contributed by atoms with Gasteiger partial charge in [-0.2, -0.15) is 0 Å². The summed E-state index contributed by atoms with van der Waals surface area (Å²) in [5.74, 6) is -0.962. The molecule has 5 nitrogen and oxygen atoms in total. The quantitative estimate of drug-likeness (QED) is 0.883. The summed E-state index contributed by atoms with van der Waals surface area (Å²) < 4.78 is 6.47. The van der Waals surface area contributed by atoms with Crippen molar-refractivity contribution in [2.75, 3.05) is 19.7 Å². The van der Waals surface area contributed by atoms with Crippen LogP contribution in [0.1, 0.15) is 18.4 Å². The summed E-state index contributed by atoms with van der Waals surface area (Å²) in [5, 5.41) is 9.17. The lowest BCUT2D eigenvalue weighted by atomic mass is 9.99. The fourth-order valence-corrected chi connectivity index (χ4v) is 3.46. The van der Waals surface area contributed by atoms with Gasteiger partial charge in [-0.25, -0.2) is 0 Å². The van der Waals surface area contributed by atoms with Crippen LogP contribution in [0.15, 0.2) is 22.7 Å². The Bertz CT molecular complexity index is 603. The van der Waals surface area contributed by atoms with E-state index in [9.17, 15) is 14.7 Å². The minimum absolute atomic E-state index is 0.0178. The van der Waals surface area contributed by atoms with Gasteiger partial charge >= 0.3 is 5.97 Å². The Morgan fingerprint density at radius 2 is 2.14 bits per heavy atom. The third-order valence-corrected chi connectivity index (χ3v) is 4.79. The van der Waals surface area contributed by atoms with E-state index < -0.39 is 11.9 Å². The van der Waals surface area contributed by atoms with Gasteiger partial charge in [0.2, 0.25) is 5.91 Å². The standard InChI is InChI=1S/C15H16BrNO4/c1-8-5-17(6-11(8)15(19)20)14(18)12-7-21-13-3-2-9(16)4-10(12)13/h2-4,8,11-12H,5-7H2,1H3,(H,19,20)/t8-,11-,12?/m1/s1. The van der Waals surface area contributed by atoms with Gasteiger partial charge in [0.05, 0.1) is 5.92 Å². The molecule has 2 aliphatic heterocycles. The normalized spacial score (nSPS) is 27.3. The monoisotopic (exact) mass is 353 g/mol. The van der Waals surface area contributed by atoms with Gasteiger partial charge in [-0.1, -0.05) is 22.9 Å². The van der Waals surface area contributed by atoms with E-state index in [1.54, 1.807) is 4.90 Å². The Kier molecular flexibility index (Phi) is 3.65. The molecule has 3 atom stereocenters. The van der Waals surface area contributed by atoms with Crippen molar-refractivity contribution in [2.24, 2.45) is 11.8 Å². The van der Waals surface area contributed by atoms with Crippen LogP contribution in [0.5, 0.6) is 5.75 Å². The summed E-state index contributed by atoms with van der Waals surface area (Å²) in [6.45, 7) is 2.99. The van der Waals surface area contributed by atoms with E-state index in [2.05, 4.69) is 15.9 Å². The topological polar surface area (TPSA) is 66.8 Å². The smallest absolute Gasteiger partial charge is 0.308 e. The number of carbonyl (C=O) groups excluding carboxylic acids is 1. The predicted octanol–water partition coefficient (Wildman–Crippen LogP) is 2.10. The van der Waals surface area contributed by atoms with Gasteiger partial charge in [0.15, 0.2) is 0 Å². The van der Waals surface area contributed by atoms with Crippen LogP contribution in [-0.4, -0.2) is 41.6 Å². The highest BCUT2D eigenvalue weighted by Gasteiger charge is 2.41. The van der Waals surface area contributed by atoms with Crippen molar-refractivity contribution >= 4 is 27.8 Å². The van der Waals surface area contributed by atoms with Gasteiger partial charge < -0.3 is 14.7 Å². The fourth-order valence-electron chi connectivity index (χ4n) is 3.08. The van der Waals surface area contributed by atoms with E-state index in [0.717, 1.165) is 15.8 Å². The molecule has 21 heavy (non-hydrogen) atoms. The van der Waals surface area contributed by atoms with Gasteiger partial charge in [-0.05, 0) is 24.1 Å². The molecular weight excluding hydrogens is 338 g/mol. The number of carboxylic acids is 1. The van der Waals surface area contributed by atoms with E-state index in [4.69, 9.17) is 4.74 Å². The number of likely N-dealkylation sites (tertiary alicyclic amines) is 1. The molecule has 6 heteroatoms. The van der Waals surface area contributed by atoms with Gasteiger partial charge in [0.1, 0.15) is 18.3 Å². The molecule has 2 aliphatic rings. The number of nitrogens with zero attached hydrogens (tertiary/aromatic N) is 1. The molecule has 1 N–H and O–H groups in total. The largest absolute Gasteiger partial charge is 0.492 e. The summed E-state index contributed by atoms with van der Waals surface area (Å²) >= 11 is 3.41. The zero-order chi connectivity index (χ0) is 15.1. The maximum atomic E-state index is 12.7. The number of rotatable bonds is 2. The molecule has 2 heterocycles. The maximum Gasteiger partial charge on any atom is 0.308 e. The van der Waals surface area contributed by atoms with E-state index in [1.807, 2.05) is 25.1 Å². The van der Waals surface area contributed by atoms with Crippen molar-refractivity contribution in [1.82, 2.24) is 4.90 Å². The Morgan fingerprint density at radius 1 is 1.38 bits per heavy atom. The summed E-state index contributed by atoms with van der Waals surface area (Å²) in [4.78, 5) is 25.5. The van der Waals surface area contributed by atoms with Gasteiger partial charge in [0.25, 0.3) is 0 Å². The summed E-state index contributed by atoms with van der Waals surface area (Å²) in [6, 6.07) is 5.63. The van der Waals surface area contributed by atoms with Crippen LogP contribution in [-0.2, 0) is 9.59 Å². The fraction of sp³-hybridized carbons (Fsp3) is 0.467. The average Bonchev–Trinajstić information content (AvgIpc) is 3.01. The van der Waals surface area contributed by atoms with E-state index >= 15 is 0 Å². The number of fused-ring (bicyclic) bond motifs is 1. The number of halogens is 1. The van der Waals surface area contributed by atoms with E-state index in [0.29, 0.717) is 13.2 Å². The van der Waals surface area contributed by atoms with Crippen molar-refractivity contribution < 1.29 is 19.4 Å². The average molecular weight is 354 g/mol. The zero-order valence-electron chi connectivity index (χ0n) is 11.6. The molecule has 0 aliphatic carbocycles. The van der Waals surface area contributed by atoms with Crippen LogP contribution in [0, 0.1) is 11.8 Å². The number of carboxylic acid groups (broad SMARTS) is 1. The van der Waals surface area contributed by atoms with Gasteiger partial charge in [0, 0.05) is 23.1 Å². The zero-order valence-corrected chi connectivity index (χ0v) is 13.2. The number of carbonyl (C=O) groups is 2. The molecule has 1 unspecified atom stereocenters. The summed E-state index contributed by atoms with van der Waals surface area (Å²) in [5.41, 5.74) is 0.876. The molecule has 0 saturated carbocycles. The highest BCUT2D eigenvalue weighted by molar-refractivity contribution is 9.10. The molecular formula is C15H16BrNO4. The van der Waals surface area contributed by atoms with Crippen molar-refractivity contribution in [1.29, 1.82) is 0 Å². The third-order valence-electron chi connectivity index (χ3n) is 4.29. The Morgan fingerprint density at radius 3 is 2.81 bits per heavy atom. The number of aliphatic carboxylic acids is 1. The van der Waals surface area contributed by atoms with Crippen LogP contribution in [0.3, 0.4) is 0 Å². The van der Waals surface area contributed by atoms with Crippen molar-refractivity contribution in [3.63, 3.8) is 0 Å². The third kappa shape index (κ3) is 2.52. The Hall–Kier alpha value is -1.56. The van der Waals surface area contributed by atoms with Crippen LogP contribution in [0.4, 0.5) is 0 Å². The lowest BCUT2D eigenvalue weighted by molar-refractivity contribution is -0.142. The first kappa shape index (κ1) is 14.4. The first-order valence-corrected chi connectivity index (χ1v) is 7.70.